The summed E-state index contributed by atoms with van der Waals surface area (Å²) < 4.78 is 0. The van der Waals surface area contributed by atoms with Gasteiger partial charge in [0.25, 0.3) is 0 Å². The standard InChI is InChI=1S/C23H36N4O5S/c1-14(2)12-19(23(31)32)27-22(30)18(10-11-33-4)26-20(28)15(3)25-21(29)17(24)13-16-8-6-5-7-9-16/h5-9,14-15,17-19H,10-13,24H2,1-4H3,(H,25,29)(H,26,28)(H,27,30)(H,31,32). The Labute approximate surface area is 199 Å². The molecule has 4 unspecified atom stereocenters. The minimum atomic E-state index is -1.12. The molecule has 0 bridgehead atoms. The van der Waals surface area contributed by atoms with E-state index in [4.69, 9.17) is 5.73 Å². The molecule has 9 nitrogen and oxygen atoms in total. The van der Waals surface area contributed by atoms with E-state index in [2.05, 4.69) is 16.0 Å². The second-order valence-electron chi connectivity index (χ2n) is 8.40. The predicted octanol–water partition coefficient (Wildman–Crippen LogP) is 0.915. The van der Waals surface area contributed by atoms with Crippen LogP contribution in [0.1, 0.15) is 39.2 Å². The number of nitrogens with two attached hydrogens (primary N) is 1. The second-order valence-corrected chi connectivity index (χ2v) is 9.38. The molecule has 1 aromatic rings. The van der Waals surface area contributed by atoms with E-state index < -0.39 is 47.9 Å². The maximum absolute atomic E-state index is 12.7. The molecular formula is C23H36N4O5S. The summed E-state index contributed by atoms with van der Waals surface area (Å²) >= 11 is 1.50. The lowest BCUT2D eigenvalue weighted by Gasteiger charge is -2.24. The number of amides is 3. The lowest BCUT2D eigenvalue weighted by Crippen LogP contribution is -2.56. The third-order valence-corrected chi connectivity index (χ3v) is 5.60. The van der Waals surface area contributed by atoms with Crippen LogP contribution < -0.4 is 21.7 Å². The molecule has 0 heterocycles. The highest BCUT2D eigenvalue weighted by Crippen LogP contribution is 2.08. The van der Waals surface area contributed by atoms with Crippen LogP contribution in [0.2, 0.25) is 0 Å². The van der Waals surface area contributed by atoms with Crippen molar-refractivity contribution in [1.82, 2.24) is 16.0 Å². The molecule has 0 aliphatic rings. The van der Waals surface area contributed by atoms with Crippen LogP contribution in [0.4, 0.5) is 0 Å². The molecule has 0 saturated carbocycles. The molecule has 1 rings (SSSR count). The summed E-state index contributed by atoms with van der Waals surface area (Å²) in [7, 11) is 0. The minimum Gasteiger partial charge on any atom is -0.480 e. The Morgan fingerprint density at radius 1 is 0.939 bits per heavy atom. The van der Waals surface area contributed by atoms with E-state index in [0.717, 1.165) is 5.56 Å². The van der Waals surface area contributed by atoms with Crippen LogP contribution >= 0.6 is 11.8 Å². The topological polar surface area (TPSA) is 151 Å². The average Bonchev–Trinajstić information content (AvgIpc) is 2.75. The Bertz CT molecular complexity index is 790. The van der Waals surface area contributed by atoms with Gasteiger partial charge in [0.05, 0.1) is 6.04 Å². The Balaban J connectivity index is 2.72. The molecule has 6 N–H and O–H groups in total. The number of hydrogen-bond donors (Lipinski definition) is 5. The summed E-state index contributed by atoms with van der Waals surface area (Å²) in [4.78, 5) is 49.3. The average molecular weight is 481 g/mol. The molecule has 33 heavy (non-hydrogen) atoms. The number of carboxylic acid groups (broad SMARTS) is 1. The summed E-state index contributed by atoms with van der Waals surface area (Å²) in [5.74, 6) is -2.06. The second kappa shape index (κ2) is 14.5. The van der Waals surface area contributed by atoms with Gasteiger partial charge < -0.3 is 26.8 Å². The van der Waals surface area contributed by atoms with E-state index in [0.29, 0.717) is 18.6 Å². The first-order valence-corrected chi connectivity index (χ1v) is 12.4. The molecule has 1 aromatic carbocycles. The molecule has 184 valence electrons. The number of thioether (sulfide) groups is 1. The van der Waals surface area contributed by atoms with Crippen LogP contribution in [0.3, 0.4) is 0 Å². The first-order chi connectivity index (χ1) is 15.5. The van der Waals surface area contributed by atoms with Gasteiger partial charge in [-0.05, 0) is 49.7 Å². The number of nitrogens with one attached hydrogen (secondary N) is 3. The molecule has 0 fully saturated rings. The van der Waals surface area contributed by atoms with Gasteiger partial charge in [-0.25, -0.2) is 4.79 Å². The zero-order valence-corrected chi connectivity index (χ0v) is 20.5. The highest BCUT2D eigenvalue weighted by Gasteiger charge is 2.29. The van der Waals surface area contributed by atoms with E-state index in [1.165, 1.54) is 18.7 Å². The zero-order chi connectivity index (χ0) is 25.0. The van der Waals surface area contributed by atoms with E-state index >= 15 is 0 Å². The van der Waals surface area contributed by atoms with Crippen molar-refractivity contribution in [1.29, 1.82) is 0 Å². The lowest BCUT2D eigenvalue weighted by atomic mass is 10.0. The third kappa shape index (κ3) is 10.7. The molecule has 0 aliphatic carbocycles. The fourth-order valence-electron chi connectivity index (χ4n) is 3.11. The third-order valence-electron chi connectivity index (χ3n) is 4.95. The summed E-state index contributed by atoms with van der Waals surface area (Å²) in [5.41, 5.74) is 6.87. The first-order valence-electron chi connectivity index (χ1n) is 11.0. The van der Waals surface area contributed by atoms with Crippen LogP contribution in [-0.2, 0) is 25.6 Å². The van der Waals surface area contributed by atoms with Gasteiger partial charge in [-0.3, -0.25) is 14.4 Å². The molecule has 3 amide bonds. The van der Waals surface area contributed by atoms with Crippen LogP contribution in [-0.4, -0.2) is 65.0 Å². The number of rotatable bonds is 14. The number of carbonyl (C=O) groups excluding carboxylic acids is 3. The van der Waals surface area contributed by atoms with Crippen molar-refractivity contribution in [3.05, 3.63) is 35.9 Å². The number of carboxylic acids is 1. The molecule has 0 spiro atoms. The summed E-state index contributed by atoms with van der Waals surface area (Å²) in [6.45, 7) is 5.23. The Morgan fingerprint density at radius 2 is 1.55 bits per heavy atom. The van der Waals surface area contributed by atoms with E-state index in [-0.39, 0.29) is 12.3 Å². The molecule has 0 aromatic heterocycles. The van der Waals surface area contributed by atoms with Crippen molar-refractivity contribution in [3.63, 3.8) is 0 Å². The van der Waals surface area contributed by atoms with Crippen molar-refractivity contribution >= 4 is 35.5 Å². The smallest absolute Gasteiger partial charge is 0.326 e. The van der Waals surface area contributed by atoms with Gasteiger partial charge >= 0.3 is 5.97 Å². The number of aliphatic carboxylic acids is 1. The fraction of sp³-hybridized carbons (Fsp3) is 0.565. The summed E-state index contributed by atoms with van der Waals surface area (Å²) in [6, 6.07) is 5.59. The number of benzene rings is 1. The monoisotopic (exact) mass is 480 g/mol. The van der Waals surface area contributed by atoms with Gasteiger partial charge in [-0.1, -0.05) is 44.2 Å². The van der Waals surface area contributed by atoms with Crippen LogP contribution in [0, 0.1) is 5.92 Å². The van der Waals surface area contributed by atoms with Gasteiger partial charge in [-0.15, -0.1) is 0 Å². The van der Waals surface area contributed by atoms with Crippen molar-refractivity contribution in [2.24, 2.45) is 11.7 Å². The number of hydrogen-bond acceptors (Lipinski definition) is 6. The largest absolute Gasteiger partial charge is 0.480 e. The molecule has 0 radical (unpaired) electrons. The van der Waals surface area contributed by atoms with Crippen LogP contribution in [0.15, 0.2) is 30.3 Å². The SMILES string of the molecule is CSCCC(NC(=O)C(C)NC(=O)C(N)Cc1ccccc1)C(=O)NC(CC(C)C)C(=O)O. The summed E-state index contributed by atoms with van der Waals surface area (Å²) in [6.07, 6.45) is 2.79. The van der Waals surface area contributed by atoms with Gasteiger partial charge in [-0.2, -0.15) is 11.8 Å². The number of carbonyl (C=O) groups is 4. The Morgan fingerprint density at radius 3 is 2.09 bits per heavy atom. The zero-order valence-electron chi connectivity index (χ0n) is 19.7. The molecular weight excluding hydrogens is 444 g/mol. The maximum Gasteiger partial charge on any atom is 0.326 e. The first kappa shape index (κ1) is 28.4. The fourth-order valence-corrected chi connectivity index (χ4v) is 3.58. The quantitative estimate of drug-likeness (QED) is 0.266. The van der Waals surface area contributed by atoms with Crippen molar-refractivity contribution in [2.45, 2.75) is 64.2 Å². The van der Waals surface area contributed by atoms with Gasteiger partial charge in [0, 0.05) is 0 Å². The van der Waals surface area contributed by atoms with E-state index in [1.807, 2.05) is 50.4 Å². The molecule has 0 saturated heterocycles. The highest BCUT2D eigenvalue weighted by atomic mass is 32.2. The van der Waals surface area contributed by atoms with Crippen molar-refractivity contribution in [2.75, 3.05) is 12.0 Å². The van der Waals surface area contributed by atoms with Crippen molar-refractivity contribution < 1.29 is 24.3 Å². The Kier molecular flexibility index (Phi) is 12.5. The van der Waals surface area contributed by atoms with E-state index in [1.54, 1.807) is 0 Å². The van der Waals surface area contributed by atoms with Gasteiger partial charge in [0.1, 0.15) is 18.1 Å². The summed E-state index contributed by atoms with van der Waals surface area (Å²) in [5, 5.41) is 17.1. The van der Waals surface area contributed by atoms with Crippen molar-refractivity contribution in [3.8, 4) is 0 Å². The normalized spacial score (nSPS) is 14.6. The maximum atomic E-state index is 12.7. The van der Waals surface area contributed by atoms with Gasteiger partial charge in [0.15, 0.2) is 0 Å². The lowest BCUT2D eigenvalue weighted by molar-refractivity contribution is -0.142. The molecule has 10 heteroatoms. The molecule has 4 atom stereocenters. The molecule has 0 aliphatic heterocycles. The highest BCUT2D eigenvalue weighted by molar-refractivity contribution is 7.98. The minimum absolute atomic E-state index is 0.0703. The predicted molar refractivity (Wildman–Crippen MR) is 130 cm³/mol. The Hall–Kier alpha value is -2.59. The van der Waals surface area contributed by atoms with E-state index in [9.17, 15) is 24.3 Å². The van der Waals surface area contributed by atoms with Crippen LogP contribution in [0.5, 0.6) is 0 Å². The van der Waals surface area contributed by atoms with Crippen LogP contribution in [0.25, 0.3) is 0 Å². The van der Waals surface area contributed by atoms with Gasteiger partial charge in [0.2, 0.25) is 17.7 Å².